The van der Waals surface area contributed by atoms with E-state index in [2.05, 4.69) is 15.3 Å². The molecule has 116 valence electrons. The largest absolute Gasteiger partial charge is 0.250 e. The van der Waals surface area contributed by atoms with Gasteiger partial charge in [-0.05, 0) is 36.8 Å². The van der Waals surface area contributed by atoms with Gasteiger partial charge in [-0.15, -0.1) is 0 Å². The number of rotatable bonds is 3. The normalized spacial score (nSPS) is 11.3. The number of hydrogen-bond acceptors (Lipinski definition) is 3. The van der Waals surface area contributed by atoms with Gasteiger partial charge in [0, 0.05) is 16.1 Å². The van der Waals surface area contributed by atoms with Crippen molar-refractivity contribution >= 4 is 41.6 Å². The smallest absolute Gasteiger partial charge is 0.216 e. The second kappa shape index (κ2) is 6.66. The number of aromatic nitrogens is 3. The van der Waals surface area contributed by atoms with Crippen molar-refractivity contribution in [2.24, 2.45) is 5.10 Å². The molecule has 3 rings (SSSR count). The van der Waals surface area contributed by atoms with Gasteiger partial charge in [0.15, 0.2) is 5.82 Å². The Hall–Kier alpha value is -1.95. The van der Waals surface area contributed by atoms with Crippen LogP contribution in [0.2, 0.25) is 10.0 Å². The number of H-pyrrole nitrogens is 1. The molecule has 0 spiro atoms. The number of nitrogens with one attached hydrogen (secondary N) is 1. The standard InChI is InChI=1S/C16H12Cl2N4S/c1-10-4-2-3-5-13(10)15-20-21-16(23)22(15)19-9-11-6-7-12(17)8-14(11)18/h2-9H,1H3,(H,21,23)/b19-9-. The summed E-state index contributed by atoms with van der Waals surface area (Å²) in [5, 5.41) is 12.6. The second-order valence-electron chi connectivity index (χ2n) is 4.89. The van der Waals surface area contributed by atoms with E-state index in [0.717, 1.165) is 16.7 Å². The van der Waals surface area contributed by atoms with Gasteiger partial charge in [-0.2, -0.15) is 14.9 Å². The lowest BCUT2D eigenvalue weighted by atomic mass is 10.1. The van der Waals surface area contributed by atoms with E-state index in [4.69, 9.17) is 35.4 Å². The van der Waals surface area contributed by atoms with Crippen molar-refractivity contribution in [1.82, 2.24) is 14.9 Å². The van der Waals surface area contributed by atoms with Crippen LogP contribution in [-0.2, 0) is 0 Å². The summed E-state index contributed by atoms with van der Waals surface area (Å²) in [5.74, 6) is 0.648. The molecule has 0 amide bonds. The average molecular weight is 363 g/mol. The van der Waals surface area contributed by atoms with E-state index >= 15 is 0 Å². The highest BCUT2D eigenvalue weighted by Gasteiger charge is 2.10. The van der Waals surface area contributed by atoms with Crippen LogP contribution in [0.3, 0.4) is 0 Å². The van der Waals surface area contributed by atoms with Gasteiger partial charge in [0.25, 0.3) is 0 Å². The summed E-state index contributed by atoms with van der Waals surface area (Å²) in [6.45, 7) is 2.01. The molecular formula is C16H12Cl2N4S. The Bertz CT molecular complexity index is 943. The predicted octanol–water partition coefficient (Wildman–Crippen LogP) is 5.11. The number of hydrogen-bond donors (Lipinski definition) is 1. The first-order valence-electron chi connectivity index (χ1n) is 6.79. The second-order valence-corrected chi connectivity index (χ2v) is 6.12. The Morgan fingerprint density at radius 3 is 2.74 bits per heavy atom. The zero-order valence-electron chi connectivity index (χ0n) is 12.1. The van der Waals surface area contributed by atoms with E-state index < -0.39 is 0 Å². The third kappa shape index (κ3) is 3.37. The fourth-order valence-electron chi connectivity index (χ4n) is 2.12. The molecule has 0 fully saturated rings. The van der Waals surface area contributed by atoms with E-state index in [1.165, 1.54) is 0 Å². The van der Waals surface area contributed by atoms with Crippen LogP contribution in [0.5, 0.6) is 0 Å². The number of nitrogens with zero attached hydrogens (tertiary/aromatic N) is 3. The molecule has 0 aliphatic rings. The van der Waals surface area contributed by atoms with Crippen LogP contribution >= 0.6 is 35.4 Å². The van der Waals surface area contributed by atoms with Crippen LogP contribution in [-0.4, -0.2) is 21.1 Å². The van der Waals surface area contributed by atoms with Gasteiger partial charge in [0.05, 0.1) is 11.2 Å². The lowest BCUT2D eigenvalue weighted by Gasteiger charge is -2.04. The molecule has 0 saturated carbocycles. The summed E-state index contributed by atoms with van der Waals surface area (Å²) < 4.78 is 1.98. The van der Waals surface area contributed by atoms with Crippen LogP contribution < -0.4 is 0 Å². The Morgan fingerprint density at radius 2 is 2.00 bits per heavy atom. The third-order valence-corrected chi connectivity index (χ3v) is 4.14. The maximum absolute atomic E-state index is 6.16. The van der Waals surface area contributed by atoms with Gasteiger partial charge in [-0.3, -0.25) is 0 Å². The third-order valence-electron chi connectivity index (χ3n) is 3.31. The van der Waals surface area contributed by atoms with Crippen molar-refractivity contribution in [3.05, 3.63) is 68.4 Å². The molecule has 0 unspecified atom stereocenters. The van der Waals surface area contributed by atoms with Crippen molar-refractivity contribution in [2.75, 3.05) is 0 Å². The molecule has 1 aromatic heterocycles. The SMILES string of the molecule is Cc1ccccc1-c1n[nH]c(=S)n1/N=C\c1ccc(Cl)cc1Cl. The van der Waals surface area contributed by atoms with Gasteiger partial charge in [-0.25, -0.2) is 5.10 Å². The van der Waals surface area contributed by atoms with Gasteiger partial charge < -0.3 is 0 Å². The first kappa shape index (κ1) is 15.9. The molecule has 4 nitrogen and oxygen atoms in total. The fourth-order valence-corrected chi connectivity index (χ4v) is 2.76. The maximum atomic E-state index is 6.16. The van der Waals surface area contributed by atoms with Crippen molar-refractivity contribution in [3.63, 3.8) is 0 Å². The average Bonchev–Trinajstić information content (AvgIpc) is 2.88. The van der Waals surface area contributed by atoms with Crippen LogP contribution in [0.1, 0.15) is 11.1 Å². The Kier molecular flexibility index (Phi) is 4.61. The molecule has 1 heterocycles. The van der Waals surface area contributed by atoms with Gasteiger partial charge in [0.2, 0.25) is 4.77 Å². The lowest BCUT2D eigenvalue weighted by Crippen LogP contribution is -1.96. The molecule has 2 aromatic carbocycles. The van der Waals surface area contributed by atoms with Crippen molar-refractivity contribution in [2.45, 2.75) is 6.92 Å². The molecule has 23 heavy (non-hydrogen) atoms. The highest BCUT2D eigenvalue weighted by molar-refractivity contribution is 7.71. The Balaban J connectivity index is 2.04. The molecular weight excluding hydrogens is 351 g/mol. The topological polar surface area (TPSA) is 46.0 Å². The van der Waals surface area contributed by atoms with E-state index in [0.29, 0.717) is 20.6 Å². The molecule has 0 radical (unpaired) electrons. The molecule has 0 saturated heterocycles. The Labute approximate surface area is 148 Å². The molecule has 7 heteroatoms. The number of halogens is 2. The quantitative estimate of drug-likeness (QED) is 0.520. The van der Waals surface area contributed by atoms with E-state index in [1.54, 1.807) is 29.1 Å². The summed E-state index contributed by atoms with van der Waals surface area (Å²) in [4.78, 5) is 0. The number of aryl methyl sites for hydroxylation is 1. The summed E-state index contributed by atoms with van der Waals surface area (Å²) in [6, 6.07) is 13.1. The van der Waals surface area contributed by atoms with E-state index in [-0.39, 0.29) is 0 Å². The first-order valence-corrected chi connectivity index (χ1v) is 7.95. The van der Waals surface area contributed by atoms with Crippen LogP contribution in [0.15, 0.2) is 47.6 Å². The predicted molar refractivity (Wildman–Crippen MR) is 97.0 cm³/mol. The van der Waals surface area contributed by atoms with Gasteiger partial charge in [-0.1, -0.05) is 53.5 Å². The van der Waals surface area contributed by atoms with Crippen molar-refractivity contribution < 1.29 is 0 Å². The first-order chi connectivity index (χ1) is 11.1. The monoisotopic (exact) mass is 362 g/mol. The zero-order valence-corrected chi connectivity index (χ0v) is 14.5. The van der Waals surface area contributed by atoms with Gasteiger partial charge in [0.1, 0.15) is 0 Å². The molecule has 0 atom stereocenters. The maximum Gasteiger partial charge on any atom is 0.216 e. The van der Waals surface area contributed by atoms with E-state index in [1.807, 2.05) is 31.2 Å². The summed E-state index contributed by atoms with van der Waals surface area (Å²) in [5.41, 5.74) is 2.79. The fraction of sp³-hybridized carbons (Fsp3) is 0.0625. The van der Waals surface area contributed by atoms with Crippen LogP contribution in [0, 0.1) is 11.7 Å². The minimum absolute atomic E-state index is 0.407. The van der Waals surface area contributed by atoms with E-state index in [9.17, 15) is 0 Å². The molecule has 1 N–H and O–H groups in total. The Morgan fingerprint density at radius 1 is 1.22 bits per heavy atom. The minimum Gasteiger partial charge on any atom is -0.250 e. The number of benzene rings is 2. The molecule has 0 bridgehead atoms. The summed E-state index contributed by atoms with van der Waals surface area (Å²) in [7, 11) is 0. The van der Waals surface area contributed by atoms with Crippen LogP contribution in [0.4, 0.5) is 0 Å². The zero-order chi connectivity index (χ0) is 16.4. The highest BCUT2D eigenvalue weighted by Crippen LogP contribution is 2.22. The minimum atomic E-state index is 0.407. The van der Waals surface area contributed by atoms with Crippen LogP contribution in [0.25, 0.3) is 11.4 Å². The van der Waals surface area contributed by atoms with Crippen molar-refractivity contribution in [3.8, 4) is 11.4 Å². The molecule has 3 aromatic rings. The lowest BCUT2D eigenvalue weighted by molar-refractivity contribution is 0.871. The van der Waals surface area contributed by atoms with Crippen molar-refractivity contribution in [1.29, 1.82) is 0 Å². The molecule has 0 aliphatic carbocycles. The van der Waals surface area contributed by atoms with Gasteiger partial charge >= 0.3 is 0 Å². The highest BCUT2D eigenvalue weighted by atomic mass is 35.5. The number of aromatic amines is 1. The summed E-state index contributed by atoms with van der Waals surface area (Å²) >= 11 is 17.3. The molecule has 0 aliphatic heterocycles. The summed E-state index contributed by atoms with van der Waals surface area (Å²) in [6.07, 6.45) is 1.63.